The summed E-state index contributed by atoms with van der Waals surface area (Å²) in [5, 5.41) is 0. The Balaban J connectivity index is 1.91. The predicted octanol–water partition coefficient (Wildman–Crippen LogP) is 3.24. The van der Waals surface area contributed by atoms with E-state index in [0.29, 0.717) is 34.1 Å². The van der Waals surface area contributed by atoms with Gasteiger partial charge in [0.2, 0.25) is 0 Å². The molecule has 0 unspecified atom stereocenters. The van der Waals surface area contributed by atoms with Crippen molar-refractivity contribution < 1.29 is 52.4 Å². The van der Waals surface area contributed by atoms with Gasteiger partial charge in [0.15, 0.2) is 0 Å². The van der Waals surface area contributed by atoms with Crippen molar-refractivity contribution in [2.75, 3.05) is 65.8 Å². The van der Waals surface area contributed by atoms with Crippen molar-refractivity contribution in [3.8, 4) is 17.1 Å². The maximum absolute atomic E-state index is 12.4. The Hall–Kier alpha value is -5.41. The van der Waals surface area contributed by atoms with Crippen LogP contribution in [0.3, 0.4) is 0 Å². The van der Waals surface area contributed by atoms with Crippen LogP contribution in [0, 0.1) is 0 Å². The molecule has 15 nitrogen and oxygen atoms in total. The molecule has 0 N–H and O–H groups in total. The molecule has 3 rings (SSSR count). The molecule has 1 aromatic carbocycles. The molecule has 0 fully saturated rings. The molecule has 0 aliphatic carbocycles. The third-order valence-corrected chi connectivity index (χ3v) is 6.92. The van der Waals surface area contributed by atoms with Gasteiger partial charge < -0.3 is 28.4 Å². The lowest BCUT2D eigenvalue weighted by Crippen LogP contribution is -2.36. The molecule has 0 amide bonds. The van der Waals surface area contributed by atoms with Crippen molar-refractivity contribution in [3.05, 3.63) is 77.6 Å². The average Bonchev–Trinajstić information content (AvgIpc) is 3.10. The Morgan fingerprint density at radius 3 is 1.56 bits per heavy atom. The Bertz CT molecular complexity index is 1580. The summed E-state index contributed by atoms with van der Waals surface area (Å²) < 4.78 is 31.7. The third-order valence-electron chi connectivity index (χ3n) is 6.92. The molecule has 0 saturated carbocycles. The fourth-order valence-corrected chi connectivity index (χ4v) is 4.87. The SMILES string of the molecule is CCOC(=O)CN(CC(=O)OCC)Cc1cccc(-c2cc(OCCOC(=O)c3ccccc3)cc(CN(CC(=O)OCC)CC(=O)OCC)n2)n1. The van der Waals surface area contributed by atoms with Gasteiger partial charge in [-0.15, -0.1) is 0 Å². The molecule has 0 atom stereocenters. The van der Waals surface area contributed by atoms with Crippen LogP contribution >= 0.6 is 0 Å². The van der Waals surface area contributed by atoms with Gasteiger partial charge in [0.25, 0.3) is 0 Å². The van der Waals surface area contributed by atoms with Crippen LogP contribution in [-0.2, 0) is 56.0 Å². The summed E-state index contributed by atoms with van der Waals surface area (Å²) in [4.78, 5) is 74.5. The summed E-state index contributed by atoms with van der Waals surface area (Å²) in [6.07, 6.45) is 0. The second-order valence-electron chi connectivity index (χ2n) is 11.1. The lowest BCUT2D eigenvalue weighted by molar-refractivity contribution is -0.150. The molecule has 15 heteroatoms. The summed E-state index contributed by atoms with van der Waals surface area (Å²) in [6.45, 7) is 6.92. The van der Waals surface area contributed by atoms with Crippen LogP contribution in [0.4, 0.5) is 0 Å². The Labute approximate surface area is 303 Å². The van der Waals surface area contributed by atoms with Gasteiger partial charge in [-0.2, -0.15) is 0 Å². The van der Waals surface area contributed by atoms with E-state index in [1.807, 2.05) is 0 Å². The number of aromatic nitrogens is 2. The minimum absolute atomic E-state index is 0.0149. The van der Waals surface area contributed by atoms with Gasteiger partial charge in [0.1, 0.15) is 19.0 Å². The highest BCUT2D eigenvalue weighted by molar-refractivity contribution is 5.89. The zero-order valence-electron chi connectivity index (χ0n) is 30.0. The van der Waals surface area contributed by atoms with Crippen molar-refractivity contribution in [3.63, 3.8) is 0 Å². The fourth-order valence-electron chi connectivity index (χ4n) is 4.87. The summed E-state index contributed by atoms with van der Waals surface area (Å²) >= 11 is 0. The van der Waals surface area contributed by atoms with Crippen LogP contribution in [0.2, 0.25) is 0 Å². The highest BCUT2D eigenvalue weighted by atomic mass is 16.6. The number of carbonyl (C=O) groups is 5. The van der Waals surface area contributed by atoms with Crippen molar-refractivity contribution in [1.29, 1.82) is 0 Å². The topological polar surface area (TPSA) is 173 Å². The second-order valence-corrected chi connectivity index (χ2v) is 11.1. The van der Waals surface area contributed by atoms with Crippen LogP contribution in [0.1, 0.15) is 49.4 Å². The Kier molecular flexibility index (Phi) is 17.7. The first-order valence-electron chi connectivity index (χ1n) is 17.0. The molecule has 0 spiro atoms. The molecule has 2 heterocycles. The minimum Gasteiger partial charge on any atom is -0.490 e. The Morgan fingerprint density at radius 1 is 0.538 bits per heavy atom. The van der Waals surface area contributed by atoms with Gasteiger partial charge in [-0.25, -0.2) is 14.8 Å². The zero-order valence-corrected chi connectivity index (χ0v) is 30.0. The highest BCUT2D eigenvalue weighted by Crippen LogP contribution is 2.24. The van der Waals surface area contributed by atoms with Crippen molar-refractivity contribution in [2.24, 2.45) is 0 Å². The molecule has 0 radical (unpaired) electrons. The van der Waals surface area contributed by atoms with E-state index in [2.05, 4.69) is 0 Å². The van der Waals surface area contributed by atoms with E-state index in [-0.39, 0.29) is 78.9 Å². The molecule has 0 aliphatic heterocycles. The monoisotopic (exact) mass is 722 g/mol. The summed E-state index contributed by atoms with van der Waals surface area (Å²) in [6, 6.07) is 17.1. The maximum atomic E-state index is 12.4. The molecule has 52 heavy (non-hydrogen) atoms. The molecule has 280 valence electrons. The number of ether oxygens (including phenoxy) is 6. The molecule has 0 bridgehead atoms. The largest absolute Gasteiger partial charge is 0.490 e. The third kappa shape index (κ3) is 14.8. The standard InChI is InChI=1S/C37H46N4O11/c1-5-47-33(42)23-40(24-34(43)48-6-2)21-28-15-12-16-31(38-28)32-20-30(51-17-18-52-37(46)27-13-10-9-11-14-27)19-29(39-32)22-41(25-35(44)49-7-3)26-36(45)50-8-4/h9-16,19-20H,5-8,17-18,21-26H2,1-4H3. The van der Waals surface area contributed by atoms with E-state index in [0.717, 1.165) is 0 Å². The summed E-state index contributed by atoms with van der Waals surface area (Å²) in [7, 11) is 0. The number of rotatable bonds is 22. The number of nitrogens with zero attached hydrogens (tertiary/aromatic N) is 4. The van der Waals surface area contributed by atoms with E-state index in [1.165, 1.54) is 0 Å². The molecular formula is C37H46N4O11. The smallest absolute Gasteiger partial charge is 0.338 e. The van der Waals surface area contributed by atoms with E-state index in [1.54, 1.807) is 98.2 Å². The first kappa shape index (κ1) is 41.0. The van der Waals surface area contributed by atoms with E-state index in [4.69, 9.17) is 38.4 Å². The normalized spacial score (nSPS) is 10.8. The minimum atomic E-state index is -0.524. The van der Waals surface area contributed by atoms with Gasteiger partial charge in [-0.1, -0.05) is 24.3 Å². The van der Waals surface area contributed by atoms with Gasteiger partial charge in [0.05, 0.1) is 80.9 Å². The number of benzene rings is 1. The number of carbonyl (C=O) groups excluding carboxylic acids is 5. The lowest BCUT2D eigenvalue weighted by atomic mass is 10.2. The summed E-state index contributed by atoms with van der Waals surface area (Å²) in [5.41, 5.74) is 2.20. The van der Waals surface area contributed by atoms with Gasteiger partial charge >= 0.3 is 29.8 Å². The first-order chi connectivity index (χ1) is 25.1. The van der Waals surface area contributed by atoms with Crippen LogP contribution in [-0.4, -0.2) is 115 Å². The number of hydrogen-bond donors (Lipinski definition) is 0. The fraction of sp³-hybridized carbons (Fsp3) is 0.432. The molecular weight excluding hydrogens is 676 g/mol. The van der Waals surface area contributed by atoms with Crippen LogP contribution in [0.25, 0.3) is 11.4 Å². The predicted molar refractivity (Wildman–Crippen MR) is 187 cm³/mol. The zero-order chi connectivity index (χ0) is 37.7. The van der Waals surface area contributed by atoms with E-state index < -0.39 is 29.8 Å². The maximum Gasteiger partial charge on any atom is 0.338 e. The molecule has 3 aromatic rings. The molecule has 2 aromatic heterocycles. The molecule has 0 aliphatic rings. The average molecular weight is 723 g/mol. The van der Waals surface area contributed by atoms with Crippen molar-refractivity contribution in [2.45, 2.75) is 40.8 Å². The van der Waals surface area contributed by atoms with Gasteiger partial charge in [-0.05, 0) is 52.0 Å². The second kappa shape index (κ2) is 22.4. The highest BCUT2D eigenvalue weighted by Gasteiger charge is 2.20. The van der Waals surface area contributed by atoms with Crippen molar-refractivity contribution >= 4 is 29.8 Å². The van der Waals surface area contributed by atoms with Crippen molar-refractivity contribution in [1.82, 2.24) is 19.8 Å². The van der Waals surface area contributed by atoms with Crippen LogP contribution < -0.4 is 4.74 Å². The molecule has 0 saturated heterocycles. The van der Waals surface area contributed by atoms with Crippen LogP contribution in [0.15, 0.2) is 60.7 Å². The van der Waals surface area contributed by atoms with Crippen LogP contribution in [0.5, 0.6) is 5.75 Å². The Morgan fingerprint density at radius 2 is 1.04 bits per heavy atom. The van der Waals surface area contributed by atoms with E-state index in [9.17, 15) is 24.0 Å². The van der Waals surface area contributed by atoms with Gasteiger partial charge in [0, 0.05) is 25.2 Å². The number of pyridine rings is 2. The quantitative estimate of drug-likeness (QED) is 0.0840. The number of hydrogen-bond acceptors (Lipinski definition) is 15. The van der Waals surface area contributed by atoms with E-state index >= 15 is 0 Å². The van der Waals surface area contributed by atoms with Gasteiger partial charge in [-0.3, -0.25) is 29.0 Å². The number of esters is 5. The lowest BCUT2D eigenvalue weighted by Gasteiger charge is -2.21. The summed E-state index contributed by atoms with van der Waals surface area (Å²) in [5.74, 6) is -2.17. The first-order valence-corrected chi connectivity index (χ1v) is 17.0.